The van der Waals surface area contributed by atoms with Gasteiger partial charge < -0.3 is 10.3 Å². The molecule has 0 spiro atoms. The number of nitrogens with one attached hydrogen (secondary N) is 2. The van der Waals surface area contributed by atoms with Crippen molar-refractivity contribution < 1.29 is 17.2 Å². The molecule has 11 heteroatoms. The van der Waals surface area contributed by atoms with Crippen molar-refractivity contribution in [3.05, 3.63) is 78.0 Å². The van der Waals surface area contributed by atoms with E-state index in [4.69, 9.17) is 0 Å². The van der Waals surface area contributed by atoms with Crippen LogP contribution in [0.2, 0.25) is 0 Å². The van der Waals surface area contributed by atoms with E-state index in [0.29, 0.717) is 17.0 Å². The molecule has 162 valence electrons. The first-order valence-electron chi connectivity index (χ1n) is 9.58. The Bertz CT molecular complexity index is 1480. The van der Waals surface area contributed by atoms with Gasteiger partial charge in [-0.2, -0.15) is 0 Å². The van der Waals surface area contributed by atoms with E-state index in [9.17, 15) is 17.2 Å². The number of nitrogens with zero attached hydrogens (tertiary/aromatic N) is 4. The maximum Gasteiger partial charge on any atom is 0.271 e. The fourth-order valence-corrected chi connectivity index (χ4v) is 5.51. The van der Waals surface area contributed by atoms with Crippen LogP contribution in [0, 0.1) is 11.6 Å². The Morgan fingerprint density at radius 2 is 1.91 bits per heavy atom. The molecule has 5 rings (SSSR count). The van der Waals surface area contributed by atoms with Crippen LogP contribution in [0.1, 0.15) is 12.5 Å². The average molecular weight is 454 g/mol. The third-order valence-electron chi connectivity index (χ3n) is 5.10. The van der Waals surface area contributed by atoms with Gasteiger partial charge in [0, 0.05) is 0 Å². The van der Waals surface area contributed by atoms with Crippen LogP contribution in [-0.2, 0) is 10.0 Å². The minimum absolute atomic E-state index is 0.0492. The number of anilines is 2. The molecule has 1 aliphatic heterocycles. The number of hydrogen-bond acceptors (Lipinski definition) is 6. The molecule has 0 radical (unpaired) electrons. The third-order valence-corrected chi connectivity index (χ3v) is 6.95. The number of H-pyrrole nitrogens is 1. The van der Waals surface area contributed by atoms with Crippen LogP contribution in [0.5, 0.6) is 0 Å². The maximum absolute atomic E-state index is 14.6. The van der Waals surface area contributed by atoms with Gasteiger partial charge in [-0.15, -0.1) is 0 Å². The SMILES string of the molecule is C[C@H](Nc1ncnc2nc[nH]c12)C1=Cc2cccc(F)c2S(=O)(=O)N1c1cccc(F)c1. The zero-order valence-electron chi connectivity index (χ0n) is 16.6. The Balaban J connectivity index is 1.67. The van der Waals surface area contributed by atoms with Gasteiger partial charge in [0.25, 0.3) is 10.0 Å². The second-order valence-electron chi connectivity index (χ2n) is 7.17. The summed E-state index contributed by atoms with van der Waals surface area (Å²) in [7, 11) is -4.37. The molecule has 0 saturated heterocycles. The highest BCUT2D eigenvalue weighted by Crippen LogP contribution is 2.38. The normalized spacial score (nSPS) is 15.8. The molecule has 3 heterocycles. The van der Waals surface area contributed by atoms with Gasteiger partial charge in [-0.25, -0.2) is 36.5 Å². The average Bonchev–Trinajstić information content (AvgIpc) is 3.23. The minimum Gasteiger partial charge on any atom is -0.360 e. The summed E-state index contributed by atoms with van der Waals surface area (Å²) in [5.41, 5.74) is 1.50. The van der Waals surface area contributed by atoms with Crippen molar-refractivity contribution in [1.29, 1.82) is 0 Å². The Kier molecular flexibility index (Phi) is 4.63. The fraction of sp³-hybridized carbons (Fsp3) is 0.0952. The van der Waals surface area contributed by atoms with Gasteiger partial charge in [-0.05, 0) is 42.8 Å². The molecule has 8 nitrogen and oxygen atoms in total. The number of aromatic nitrogens is 4. The predicted molar refractivity (Wildman–Crippen MR) is 115 cm³/mol. The number of halogens is 2. The lowest BCUT2D eigenvalue weighted by Crippen LogP contribution is -2.40. The highest BCUT2D eigenvalue weighted by Gasteiger charge is 2.38. The van der Waals surface area contributed by atoms with Crippen LogP contribution in [0.25, 0.3) is 17.2 Å². The highest BCUT2D eigenvalue weighted by molar-refractivity contribution is 7.93. The van der Waals surface area contributed by atoms with Gasteiger partial charge in [0.2, 0.25) is 0 Å². The molecular weight excluding hydrogens is 438 g/mol. The molecule has 0 bridgehead atoms. The van der Waals surface area contributed by atoms with Gasteiger partial charge in [0.05, 0.1) is 23.8 Å². The zero-order valence-corrected chi connectivity index (χ0v) is 17.4. The number of benzene rings is 2. The van der Waals surface area contributed by atoms with Crippen molar-refractivity contribution >= 4 is 38.8 Å². The number of hydrogen-bond donors (Lipinski definition) is 2. The van der Waals surface area contributed by atoms with Gasteiger partial charge in [0.15, 0.2) is 11.5 Å². The monoisotopic (exact) mass is 454 g/mol. The number of imidazole rings is 1. The van der Waals surface area contributed by atoms with Gasteiger partial charge >= 0.3 is 0 Å². The van der Waals surface area contributed by atoms with E-state index < -0.39 is 32.6 Å². The van der Waals surface area contributed by atoms with Crippen molar-refractivity contribution in [1.82, 2.24) is 19.9 Å². The highest BCUT2D eigenvalue weighted by atomic mass is 32.2. The number of aromatic amines is 1. The molecule has 1 aliphatic rings. The summed E-state index contributed by atoms with van der Waals surface area (Å²) >= 11 is 0. The lowest BCUT2D eigenvalue weighted by Gasteiger charge is -2.34. The topological polar surface area (TPSA) is 104 Å². The van der Waals surface area contributed by atoms with Crippen molar-refractivity contribution in [3.63, 3.8) is 0 Å². The molecule has 4 aromatic rings. The van der Waals surface area contributed by atoms with Crippen LogP contribution in [0.15, 0.2) is 65.7 Å². The first-order valence-corrected chi connectivity index (χ1v) is 11.0. The first-order chi connectivity index (χ1) is 15.4. The van der Waals surface area contributed by atoms with Crippen LogP contribution in [-0.4, -0.2) is 34.4 Å². The Morgan fingerprint density at radius 1 is 1.09 bits per heavy atom. The van der Waals surface area contributed by atoms with Gasteiger partial charge in [-0.3, -0.25) is 0 Å². The summed E-state index contributed by atoms with van der Waals surface area (Å²) in [6, 6.07) is 8.53. The van der Waals surface area contributed by atoms with Crippen LogP contribution < -0.4 is 9.62 Å². The molecular formula is C21H16F2N6O2S. The van der Waals surface area contributed by atoms with Crippen LogP contribution in [0.4, 0.5) is 20.3 Å². The van der Waals surface area contributed by atoms with Gasteiger partial charge in [0.1, 0.15) is 28.4 Å². The first kappa shape index (κ1) is 20.1. The van der Waals surface area contributed by atoms with E-state index in [1.54, 1.807) is 13.0 Å². The van der Waals surface area contributed by atoms with E-state index >= 15 is 0 Å². The maximum atomic E-state index is 14.6. The molecule has 0 unspecified atom stereocenters. The quantitative estimate of drug-likeness (QED) is 0.488. The Hall–Kier alpha value is -3.86. The predicted octanol–water partition coefficient (Wildman–Crippen LogP) is 3.68. The van der Waals surface area contributed by atoms with Crippen LogP contribution >= 0.6 is 0 Å². The van der Waals surface area contributed by atoms with E-state index in [1.165, 1.54) is 43.0 Å². The van der Waals surface area contributed by atoms with Crippen molar-refractivity contribution in [2.75, 3.05) is 9.62 Å². The smallest absolute Gasteiger partial charge is 0.271 e. The summed E-state index contributed by atoms with van der Waals surface area (Å²) in [5.74, 6) is -1.09. The van der Waals surface area contributed by atoms with Crippen molar-refractivity contribution in [3.8, 4) is 0 Å². The second kappa shape index (κ2) is 7.38. The Labute approximate surface area is 181 Å². The molecule has 2 aromatic carbocycles. The lowest BCUT2D eigenvalue weighted by atomic mass is 10.1. The van der Waals surface area contributed by atoms with E-state index in [0.717, 1.165) is 16.4 Å². The molecule has 0 amide bonds. The molecule has 0 aliphatic carbocycles. The number of rotatable bonds is 4. The zero-order chi connectivity index (χ0) is 22.5. The van der Waals surface area contributed by atoms with Crippen molar-refractivity contribution in [2.24, 2.45) is 0 Å². The van der Waals surface area contributed by atoms with E-state index in [1.807, 2.05) is 0 Å². The molecule has 2 aromatic heterocycles. The lowest BCUT2D eigenvalue weighted by molar-refractivity contribution is 0.563. The number of sulfonamides is 1. The molecule has 0 saturated carbocycles. The standard InChI is InChI=1S/C21H16F2N6O2S/c1-12(28-21-18-20(25-10-24-18)26-11-27-21)17-8-13-4-2-7-16(23)19(13)32(30,31)29(17)15-6-3-5-14(22)9-15/h2-12H,1H3,(H2,24,25,26,27,28)/t12-/m0/s1. The second-order valence-corrected chi connectivity index (χ2v) is 8.89. The molecule has 32 heavy (non-hydrogen) atoms. The largest absolute Gasteiger partial charge is 0.360 e. The number of fused-ring (bicyclic) bond motifs is 2. The third kappa shape index (κ3) is 3.17. The van der Waals surface area contributed by atoms with Crippen molar-refractivity contribution in [2.45, 2.75) is 17.9 Å². The molecule has 2 N–H and O–H groups in total. The summed E-state index contributed by atoms with van der Waals surface area (Å²) in [5, 5.41) is 3.15. The van der Waals surface area contributed by atoms with E-state index in [2.05, 4.69) is 25.3 Å². The van der Waals surface area contributed by atoms with E-state index in [-0.39, 0.29) is 16.9 Å². The molecule has 1 atom stereocenters. The summed E-state index contributed by atoms with van der Waals surface area (Å²) in [6.45, 7) is 1.72. The van der Waals surface area contributed by atoms with Crippen LogP contribution in [0.3, 0.4) is 0 Å². The van der Waals surface area contributed by atoms with Gasteiger partial charge in [-0.1, -0.05) is 18.2 Å². The summed E-state index contributed by atoms with van der Waals surface area (Å²) < 4.78 is 56.6. The summed E-state index contributed by atoms with van der Waals surface area (Å²) in [6.07, 6.45) is 4.37. The summed E-state index contributed by atoms with van der Waals surface area (Å²) in [4.78, 5) is 14.8. The molecule has 0 fully saturated rings. The minimum atomic E-state index is -4.37. The Morgan fingerprint density at radius 3 is 2.72 bits per heavy atom. The fourth-order valence-electron chi connectivity index (χ4n) is 3.70.